The molecule has 2 aromatic rings. The fourth-order valence-corrected chi connectivity index (χ4v) is 3.06. The van der Waals surface area contributed by atoms with Gasteiger partial charge in [-0.2, -0.15) is 0 Å². The molecule has 4 nitrogen and oxygen atoms in total. The lowest BCUT2D eigenvalue weighted by Gasteiger charge is -2.07. The maximum atomic E-state index is 10.9. The zero-order valence-electron chi connectivity index (χ0n) is 12.1. The highest BCUT2D eigenvalue weighted by Gasteiger charge is 2.12. The van der Waals surface area contributed by atoms with E-state index < -0.39 is 0 Å². The Morgan fingerprint density at radius 3 is 2.52 bits per heavy atom. The van der Waals surface area contributed by atoms with Gasteiger partial charge in [0.2, 0.25) is 0 Å². The van der Waals surface area contributed by atoms with Crippen molar-refractivity contribution in [3.63, 3.8) is 0 Å². The van der Waals surface area contributed by atoms with Gasteiger partial charge in [-0.15, -0.1) is 11.8 Å². The molecule has 1 N–H and O–H groups in total. The van der Waals surface area contributed by atoms with Crippen molar-refractivity contribution in [3.05, 3.63) is 69.3 Å². The predicted molar refractivity (Wildman–Crippen MR) is 86.6 cm³/mol. The quantitative estimate of drug-likeness (QED) is 0.499. The lowest BCUT2D eigenvalue weighted by Crippen LogP contribution is -2.04. The van der Waals surface area contributed by atoms with Gasteiger partial charge in [-0.25, -0.2) is 0 Å². The summed E-state index contributed by atoms with van der Waals surface area (Å²) in [6, 6.07) is 13.6. The summed E-state index contributed by atoms with van der Waals surface area (Å²) < 4.78 is 0. The summed E-state index contributed by atoms with van der Waals surface area (Å²) in [4.78, 5) is 11.8. The molecule has 110 valence electrons. The van der Waals surface area contributed by atoms with Crippen LogP contribution < -0.4 is 5.32 Å². The van der Waals surface area contributed by atoms with Gasteiger partial charge in [0.05, 0.1) is 4.92 Å². The SMILES string of the molecule is CNCc1ccc(SCc2cccc([N+](=O)[O-])c2C)cc1. The molecular formula is C16H18N2O2S. The van der Waals surface area contributed by atoms with Gasteiger partial charge >= 0.3 is 0 Å². The third-order valence-electron chi connectivity index (χ3n) is 3.31. The van der Waals surface area contributed by atoms with Crippen LogP contribution in [0.5, 0.6) is 0 Å². The number of nitro groups is 1. The fourth-order valence-electron chi connectivity index (χ4n) is 2.09. The summed E-state index contributed by atoms with van der Waals surface area (Å²) in [5.41, 5.74) is 3.20. The molecule has 0 aliphatic carbocycles. The van der Waals surface area contributed by atoms with Crippen LogP contribution in [0.15, 0.2) is 47.4 Å². The average molecular weight is 302 g/mol. The lowest BCUT2D eigenvalue weighted by atomic mass is 10.1. The van der Waals surface area contributed by atoms with Crippen LogP contribution in [0.1, 0.15) is 16.7 Å². The molecular weight excluding hydrogens is 284 g/mol. The molecule has 0 amide bonds. The topological polar surface area (TPSA) is 55.2 Å². The number of thioether (sulfide) groups is 1. The fraction of sp³-hybridized carbons (Fsp3) is 0.250. The van der Waals surface area contributed by atoms with E-state index in [-0.39, 0.29) is 10.6 Å². The van der Waals surface area contributed by atoms with E-state index in [1.54, 1.807) is 23.9 Å². The molecule has 21 heavy (non-hydrogen) atoms. The molecule has 0 unspecified atom stereocenters. The van der Waals surface area contributed by atoms with Crippen molar-refractivity contribution in [3.8, 4) is 0 Å². The normalized spacial score (nSPS) is 10.6. The van der Waals surface area contributed by atoms with E-state index in [0.29, 0.717) is 0 Å². The first-order valence-electron chi connectivity index (χ1n) is 6.71. The molecule has 0 aliphatic rings. The molecule has 0 fully saturated rings. The van der Waals surface area contributed by atoms with Crippen LogP contribution in [0.3, 0.4) is 0 Å². The minimum Gasteiger partial charge on any atom is -0.316 e. The van der Waals surface area contributed by atoms with Gasteiger partial charge in [0.25, 0.3) is 5.69 Å². The first kappa shape index (κ1) is 15.5. The minimum absolute atomic E-state index is 0.192. The monoisotopic (exact) mass is 302 g/mol. The number of nitrogens with zero attached hydrogens (tertiary/aromatic N) is 1. The van der Waals surface area contributed by atoms with Gasteiger partial charge in [-0.3, -0.25) is 10.1 Å². The summed E-state index contributed by atoms with van der Waals surface area (Å²) in [6.07, 6.45) is 0. The van der Waals surface area contributed by atoms with E-state index >= 15 is 0 Å². The van der Waals surface area contributed by atoms with Crippen molar-refractivity contribution in [2.45, 2.75) is 24.1 Å². The Morgan fingerprint density at radius 1 is 1.19 bits per heavy atom. The van der Waals surface area contributed by atoms with Crippen molar-refractivity contribution >= 4 is 17.4 Å². The molecule has 0 atom stereocenters. The maximum absolute atomic E-state index is 10.9. The maximum Gasteiger partial charge on any atom is 0.272 e. The third kappa shape index (κ3) is 4.06. The molecule has 2 rings (SSSR count). The molecule has 0 bridgehead atoms. The van der Waals surface area contributed by atoms with Crippen molar-refractivity contribution < 1.29 is 4.92 Å². The van der Waals surface area contributed by atoms with Crippen molar-refractivity contribution in [2.75, 3.05) is 7.05 Å². The van der Waals surface area contributed by atoms with Crippen LogP contribution >= 0.6 is 11.8 Å². The van der Waals surface area contributed by atoms with Crippen molar-refractivity contribution in [1.82, 2.24) is 5.32 Å². The molecule has 0 heterocycles. The smallest absolute Gasteiger partial charge is 0.272 e. The standard InChI is InChI=1S/C16H18N2O2S/c1-12-14(4-3-5-16(12)18(19)20)11-21-15-8-6-13(7-9-15)10-17-2/h3-9,17H,10-11H2,1-2H3. The number of nitrogens with one attached hydrogen (secondary N) is 1. The molecule has 0 radical (unpaired) electrons. The first-order valence-corrected chi connectivity index (χ1v) is 7.69. The molecule has 2 aromatic carbocycles. The van der Waals surface area contributed by atoms with Crippen molar-refractivity contribution in [2.24, 2.45) is 0 Å². The van der Waals surface area contributed by atoms with Gasteiger partial charge in [0.15, 0.2) is 0 Å². The highest BCUT2D eigenvalue weighted by Crippen LogP contribution is 2.28. The number of hydrogen-bond donors (Lipinski definition) is 1. The second-order valence-corrected chi connectivity index (χ2v) is 5.83. The van der Waals surface area contributed by atoms with E-state index in [0.717, 1.165) is 23.4 Å². The molecule has 0 aromatic heterocycles. The lowest BCUT2D eigenvalue weighted by molar-refractivity contribution is -0.385. The Balaban J connectivity index is 2.06. The molecule has 0 saturated carbocycles. The highest BCUT2D eigenvalue weighted by atomic mass is 32.2. The van der Waals surface area contributed by atoms with Crippen LogP contribution in [0.2, 0.25) is 0 Å². The van der Waals surface area contributed by atoms with Crippen LogP contribution in [-0.2, 0) is 12.3 Å². The second kappa shape index (κ2) is 7.24. The molecule has 0 aliphatic heterocycles. The van der Waals surface area contributed by atoms with Gasteiger partial charge in [-0.1, -0.05) is 24.3 Å². The average Bonchev–Trinajstić information content (AvgIpc) is 2.48. The van der Waals surface area contributed by atoms with Gasteiger partial charge < -0.3 is 5.32 Å². The number of nitro benzene ring substituents is 1. The third-order valence-corrected chi connectivity index (χ3v) is 4.37. The van der Waals surface area contributed by atoms with E-state index in [4.69, 9.17) is 0 Å². The summed E-state index contributed by atoms with van der Waals surface area (Å²) in [5, 5.41) is 14.1. The van der Waals surface area contributed by atoms with Gasteiger partial charge in [-0.05, 0) is 37.2 Å². The van der Waals surface area contributed by atoms with Gasteiger partial charge in [0.1, 0.15) is 0 Å². The highest BCUT2D eigenvalue weighted by molar-refractivity contribution is 7.98. The van der Waals surface area contributed by atoms with Crippen LogP contribution in [0.25, 0.3) is 0 Å². The van der Waals surface area contributed by atoms with Crippen LogP contribution in [0, 0.1) is 17.0 Å². The van der Waals surface area contributed by atoms with Crippen molar-refractivity contribution in [1.29, 1.82) is 0 Å². The van der Waals surface area contributed by atoms with E-state index in [9.17, 15) is 10.1 Å². The summed E-state index contributed by atoms with van der Waals surface area (Å²) in [6.45, 7) is 2.67. The summed E-state index contributed by atoms with van der Waals surface area (Å²) in [5.74, 6) is 0.735. The Labute approximate surface area is 128 Å². The van der Waals surface area contributed by atoms with Crippen LogP contribution in [0.4, 0.5) is 5.69 Å². The van der Waals surface area contributed by atoms with E-state index in [1.165, 1.54) is 10.5 Å². The largest absolute Gasteiger partial charge is 0.316 e. The van der Waals surface area contributed by atoms with Crippen LogP contribution in [-0.4, -0.2) is 12.0 Å². The predicted octanol–water partition coefficient (Wildman–Crippen LogP) is 3.91. The Kier molecular flexibility index (Phi) is 5.36. The Morgan fingerprint density at radius 2 is 1.90 bits per heavy atom. The first-order chi connectivity index (χ1) is 10.1. The Bertz CT molecular complexity index is 627. The summed E-state index contributed by atoms with van der Waals surface area (Å²) >= 11 is 1.69. The zero-order valence-corrected chi connectivity index (χ0v) is 12.9. The molecule has 5 heteroatoms. The van der Waals surface area contributed by atoms with E-state index in [1.807, 2.05) is 20.0 Å². The van der Waals surface area contributed by atoms with Gasteiger partial charge in [0, 0.05) is 28.8 Å². The van der Waals surface area contributed by atoms with E-state index in [2.05, 4.69) is 29.6 Å². The molecule has 0 spiro atoms. The second-order valence-electron chi connectivity index (χ2n) is 4.78. The number of hydrogen-bond acceptors (Lipinski definition) is 4. The summed E-state index contributed by atoms with van der Waals surface area (Å²) in [7, 11) is 1.92. The Hall–Kier alpha value is -1.85. The number of rotatable bonds is 6. The minimum atomic E-state index is -0.323. The number of benzene rings is 2. The zero-order chi connectivity index (χ0) is 15.2. The molecule has 0 saturated heterocycles.